The fourth-order valence-electron chi connectivity index (χ4n) is 1.77. The van der Waals surface area contributed by atoms with Crippen molar-refractivity contribution in [3.05, 3.63) is 53.6 Å². The number of anilines is 1. The van der Waals surface area contributed by atoms with Crippen LogP contribution in [0.1, 0.15) is 6.92 Å². The fourth-order valence-corrected chi connectivity index (χ4v) is 2.83. The molecule has 0 bridgehead atoms. The minimum Gasteiger partial charge on any atom is -0.495 e. The van der Waals surface area contributed by atoms with Gasteiger partial charge in [0.25, 0.3) is 0 Å². The van der Waals surface area contributed by atoms with Crippen molar-refractivity contribution in [3.8, 4) is 5.75 Å². The maximum Gasteiger partial charge on any atom is 0.237 e. The quantitative estimate of drug-likeness (QED) is 0.826. The van der Waals surface area contributed by atoms with Crippen molar-refractivity contribution in [2.24, 2.45) is 0 Å². The molecule has 0 radical (unpaired) electrons. The molecular formula is C16H16ClNO2S. The third-order valence-electron chi connectivity index (χ3n) is 2.84. The molecule has 110 valence electrons. The molecule has 0 unspecified atom stereocenters. The molecule has 2 aromatic rings. The summed E-state index contributed by atoms with van der Waals surface area (Å²) < 4.78 is 5.22. The van der Waals surface area contributed by atoms with E-state index in [1.54, 1.807) is 25.3 Å². The number of thioether (sulfide) groups is 1. The molecule has 0 fully saturated rings. The summed E-state index contributed by atoms with van der Waals surface area (Å²) in [5.74, 6) is 0.495. The molecule has 3 nitrogen and oxygen atoms in total. The highest BCUT2D eigenvalue weighted by atomic mass is 35.5. The van der Waals surface area contributed by atoms with E-state index in [9.17, 15) is 4.79 Å². The maximum atomic E-state index is 12.3. The van der Waals surface area contributed by atoms with Gasteiger partial charge >= 0.3 is 0 Å². The molecule has 0 heterocycles. The van der Waals surface area contributed by atoms with Crippen LogP contribution in [-0.4, -0.2) is 18.3 Å². The molecule has 0 aliphatic carbocycles. The number of amides is 1. The molecule has 0 aliphatic heterocycles. The van der Waals surface area contributed by atoms with Gasteiger partial charge in [-0.3, -0.25) is 4.79 Å². The maximum absolute atomic E-state index is 12.3. The van der Waals surface area contributed by atoms with E-state index < -0.39 is 0 Å². The Labute approximate surface area is 133 Å². The topological polar surface area (TPSA) is 38.3 Å². The number of rotatable bonds is 5. The van der Waals surface area contributed by atoms with Crippen LogP contribution in [0.15, 0.2) is 53.4 Å². The molecule has 0 spiro atoms. The second kappa shape index (κ2) is 7.38. The van der Waals surface area contributed by atoms with E-state index in [4.69, 9.17) is 16.3 Å². The number of benzene rings is 2. The van der Waals surface area contributed by atoms with Gasteiger partial charge in [0.1, 0.15) is 5.75 Å². The van der Waals surface area contributed by atoms with Gasteiger partial charge in [-0.05, 0) is 37.3 Å². The van der Waals surface area contributed by atoms with Crippen molar-refractivity contribution >= 4 is 35.0 Å². The third-order valence-corrected chi connectivity index (χ3v) is 4.19. The fraction of sp³-hybridized carbons (Fsp3) is 0.188. The predicted molar refractivity (Wildman–Crippen MR) is 88.4 cm³/mol. The predicted octanol–water partition coefficient (Wildman–Crippen LogP) is 4.47. The SMILES string of the molecule is COc1ccc(Cl)cc1NC(=O)[C@@H](C)Sc1ccccc1. The second-order valence-corrected chi connectivity index (χ2v) is 6.26. The Morgan fingerprint density at radius 1 is 1.24 bits per heavy atom. The summed E-state index contributed by atoms with van der Waals surface area (Å²) in [6.45, 7) is 1.87. The lowest BCUT2D eigenvalue weighted by Crippen LogP contribution is -2.22. The minimum absolute atomic E-state index is 0.0931. The summed E-state index contributed by atoms with van der Waals surface area (Å²) in [6.07, 6.45) is 0. The lowest BCUT2D eigenvalue weighted by molar-refractivity contribution is -0.115. The lowest BCUT2D eigenvalue weighted by Gasteiger charge is -2.14. The van der Waals surface area contributed by atoms with Gasteiger partial charge in [0, 0.05) is 9.92 Å². The number of carbonyl (C=O) groups excluding carboxylic acids is 1. The Morgan fingerprint density at radius 3 is 2.62 bits per heavy atom. The summed E-state index contributed by atoms with van der Waals surface area (Å²) >= 11 is 7.46. The Kier molecular flexibility index (Phi) is 5.53. The Morgan fingerprint density at radius 2 is 1.95 bits per heavy atom. The molecule has 0 aromatic heterocycles. The van der Waals surface area contributed by atoms with Crippen LogP contribution in [0.25, 0.3) is 0 Å². The van der Waals surface area contributed by atoms with Crippen molar-refractivity contribution in [1.82, 2.24) is 0 Å². The molecule has 0 aliphatic rings. The first-order chi connectivity index (χ1) is 10.1. The van der Waals surface area contributed by atoms with E-state index in [1.165, 1.54) is 11.8 Å². The van der Waals surface area contributed by atoms with Crippen LogP contribution in [0.3, 0.4) is 0 Å². The van der Waals surface area contributed by atoms with Crippen LogP contribution in [0.5, 0.6) is 5.75 Å². The normalized spacial score (nSPS) is 11.8. The Hall–Kier alpha value is -1.65. The van der Waals surface area contributed by atoms with Crippen LogP contribution in [0, 0.1) is 0 Å². The van der Waals surface area contributed by atoms with Gasteiger partial charge in [0.15, 0.2) is 0 Å². The van der Waals surface area contributed by atoms with Crippen molar-refractivity contribution in [1.29, 1.82) is 0 Å². The molecular weight excluding hydrogens is 306 g/mol. The van der Waals surface area contributed by atoms with Crippen LogP contribution in [0.4, 0.5) is 5.69 Å². The van der Waals surface area contributed by atoms with Gasteiger partial charge in [-0.1, -0.05) is 29.8 Å². The summed E-state index contributed by atoms with van der Waals surface area (Å²) in [5.41, 5.74) is 0.579. The van der Waals surface area contributed by atoms with E-state index in [1.807, 2.05) is 37.3 Å². The standard InChI is InChI=1S/C16H16ClNO2S/c1-11(21-13-6-4-3-5-7-13)16(19)18-14-10-12(17)8-9-15(14)20-2/h3-11H,1-2H3,(H,18,19)/t11-/m1/s1. The van der Waals surface area contributed by atoms with E-state index in [0.29, 0.717) is 16.5 Å². The highest BCUT2D eigenvalue weighted by Crippen LogP contribution is 2.29. The van der Waals surface area contributed by atoms with Gasteiger partial charge in [-0.2, -0.15) is 0 Å². The molecule has 1 amide bonds. The first kappa shape index (κ1) is 15.7. The first-order valence-electron chi connectivity index (χ1n) is 6.46. The average Bonchev–Trinajstić information content (AvgIpc) is 2.48. The van der Waals surface area contributed by atoms with Gasteiger partial charge in [-0.25, -0.2) is 0 Å². The van der Waals surface area contributed by atoms with Crippen LogP contribution in [-0.2, 0) is 4.79 Å². The monoisotopic (exact) mass is 321 g/mol. The summed E-state index contributed by atoms with van der Waals surface area (Å²) in [4.78, 5) is 13.3. The Balaban J connectivity index is 2.05. The zero-order valence-corrected chi connectivity index (χ0v) is 13.4. The molecule has 1 N–H and O–H groups in total. The Bertz CT molecular complexity index is 619. The van der Waals surface area contributed by atoms with Crippen molar-refractivity contribution in [2.45, 2.75) is 17.1 Å². The van der Waals surface area contributed by atoms with E-state index in [2.05, 4.69) is 5.32 Å². The lowest BCUT2D eigenvalue weighted by atomic mass is 10.3. The molecule has 0 saturated heterocycles. The summed E-state index contributed by atoms with van der Waals surface area (Å²) in [7, 11) is 1.56. The van der Waals surface area contributed by atoms with Crippen LogP contribution in [0.2, 0.25) is 5.02 Å². The number of hydrogen-bond donors (Lipinski definition) is 1. The number of methoxy groups -OCH3 is 1. The van der Waals surface area contributed by atoms with E-state index in [-0.39, 0.29) is 11.2 Å². The third kappa shape index (κ3) is 4.41. The van der Waals surface area contributed by atoms with E-state index in [0.717, 1.165) is 4.90 Å². The second-order valence-electron chi connectivity index (χ2n) is 4.41. The number of hydrogen-bond acceptors (Lipinski definition) is 3. The van der Waals surface area contributed by atoms with Crippen molar-refractivity contribution in [3.63, 3.8) is 0 Å². The first-order valence-corrected chi connectivity index (χ1v) is 7.72. The smallest absolute Gasteiger partial charge is 0.237 e. The summed E-state index contributed by atoms with van der Waals surface area (Å²) in [5, 5.41) is 3.18. The molecule has 2 aromatic carbocycles. The van der Waals surface area contributed by atoms with Gasteiger partial charge in [0.05, 0.1) is 18.0 Å². The largest absolute Gasteiger partial charge is 0.495 e. The van der Waals surface area contributed by atoms with Crippen molar-refractivity contribution in [2.75, 3.05) is 12.4 Å². The van der Waals surface area contributed by atoms with Gasteiger partial charge in [-0.15, -0.1) is 11.8 Å². The highest BCUT2D eigenvalue weighted by Gasteiger charge is 2.16. The molecule has 21 heavy (non-hydrogen) atoms. The number of ether oxygens (including phenoxy) is 1. The number of carbonyl (C=O) groups is 1. The van der Waals surface area contributed by atoms with Gasteiger partial charge < -0.3 is 10.1 Å². The average molecular weight is 322 g/mol. The molecule has 1 atom stereocenters. The van der Waals surface area contributed by atoms with Crippen LogP contribution < -0.4 is 10.1 Å². The minimum atomic E-state index is -0.226. The molecule has 0 saturated carbocycles. The van der Waals surface area contributed by atoms with Gasteiger partial charge in [0.2, 0.25) is 5.91 Å². The number of nitrogens with one attached hydrogen (secondary N) is 1. The highest BCUT2D eigenvalue weighted by molar-refractivity contribution is 8.00. The van der Waals surface area contributed by atoms with Crippen molar-refractivity contribution < 1.29 is 9.53 Å². The van der Waals surface area contributed by atoms with E-state index >= 15 is 0 Å². The molecule has 5 heteroatoms. The zero-order chi connectivity index (χ0) is 15.2. The molecule has 2 rings (SSSR count). The van der Waals surface area contributed by atoms with Crippen LogP contribution >= 0.6 is 23.4 Å². The number of halogens is 1. The summed E-state index contributed by atoms with van der Waals surface area (Å²) in [6, 6.07) is 14.9. The zero-order valence-electron chi connectivity index (χ0n) is 11.8.